The summed E-state index contributed by atoms with van der Waals surface area (Å²) >= 11 is 5.10. The normalized spacial score (nSPS) is 10.5. The maximum Gasteiger partial charge on any atom is 0.226 e. The Morgan fingerprint density at radius 3 is 2.93 bits per heavy atom. The number of carbonyl (C=O) groups is 1. The molecule has 0 radical (unpaired) electrons. The number of hydrogen-bond donors (Lipinski definition) is 1. The van der Waals surface area contributed by atoms with E-state index in [0.717, 1.165) is 0 Å². The summed E-state index contributed by atoms with van der Waals surface area (Å²) in [7, 11) is 0. The molecule has 15 heavy (non-hydrogen) atoms. The summed E-state index contributed by atoms with van der Waals surface area (Å²) in [5.41, 5.74) is 0.610. The highest BCUT2D eigenvalue weighted by atomic mass is 32.1. The predicted molar refractivity (Wildman–Crippen MR) is 57.7 cm³/mol. The Bertz CT molecular complexity index is 604. The molecule has 2 rings (SSSR count). The van der Waals surface area contributed by atoms with Gasteiger partial charge < -0.3 is 5.11 Å². The van der Waals surface area contributed by atoms with E-state index < -0.39 is 0 Å². The van der Waals surface area contributed by atoms with Crippen LogP contribution in [0.15, 0.2) is 24.4 Å². The Balaban J connectivity index is 2.97. The SMILES string of the molecule is CC(=O)c1c(O)nc2ccccn2c1=S. The van der Waals surface area contributed by atoms with Crippen molar-refractivity contribution in [3.63, 3.8) is 0 Å². The molecule has 0 unspecified atom stereocenters. The summed E-state index contributed by atoms with van der Waals surface area (Å²) in [5.74, 6) is -0.595. The molecule has 0 fully saturated rings. The van der Waals surface area contributed by atoms with Crippen molar-refractivity contribution >= 4 is 23.6 Å². The van der Waals surface area contributed by atoms with E-state index in [1.807, 2.05) is 0 Å². The van der Waals surface area contributed by atoms with E-state index in [2.05, 4.69) is 4.98 Å². The molecule has 0 aliphatic rings. The van der Waals surface area contributed by atoms with Crippen LogP contribution in [0.2, 0.25) is 0 Å². The van der Waals surface area contributed by atoms with Crippen molar-refractivity contribution in [1.29, 1.82) is 0 Å². The van der Waals surface area contributed by atoms with Crippen molar-refractivity contribution in [2.75, 3.05) is 0 Å². The third kappa shape index (κ3) is 1.50. The molecule has 0 spiro atoms. The molecule has 5 heteroatoms. The number of aromatic hydroxyl groups is 1. The molecule has 2 aromatic rings. The lowest BCUT2D eigenvalue weighted by Crippen LogP contribution is -2.02. The van der Waals surface area contributed by atoms with Crippen LogP contribution in [0.4, 0.5) is 0 Å². The van der Waals surface area contributed by atoms with Gasteiger partial charge in [0.1, 0.15) is 15.9 Å². The van der Waals surface area contributed by atoms with Crippen LogP contribution in [0.5, 0.6) is 5.88 Å². The van der Waals surface area contributed by atoms with Crippen LogP contribution >= 0.6 is 12.2 Å². The van der Waals surface area contributed by atoms with E-state index in [1.54, 1.807) is 28.8 Å². The molecule has 4 nitrogen and oxygen atoms in total. The fraction of sp³-hybridized carbons (Fsp3) is 0.100. The van der Waals surface area contributed by atoms with E-state index >= 15 is 0 Å². The maximum atomic E-state index is 11.3. The first-order chi connectivity index (χ1) is 7.11. The highest BCUT2D eigenvalue weighted by Crippen LogP contribution is 2.17. The number of carbonyl (C=O) groups excluding carboxylic acids is 1. The van der Waals surface area contributed by atoms with Gasteiger partial charge in [0.25, 0.3) is 0 Å². The fourth-order valence-electron chi connectivity index (χ4n) is 1.39. The summed E-state index contributed by atoms with van der Waals surface area (Å²) in [6, 6.07) is 5.27. The van der Waals surface area contributed by atoms with Gasteiger partial charge in [0.15, 0.2) is 5.78 Å². The summed E-state index contributed by atoms with van der Waals surface area (Å²) in [4.78, 5) is 15.1. The minimum atomic E-state index is -0.307. The molecule has 0 bridgehead atoms. The van der Waals surface area contributed by atoms with E-state index in [4.69, 9.17) is 12.2 Å². The minimum absolute atomic E-state index is 0.0914. The maximum absolute atomic E-state index is 11.3. The second-order valence-electron chi connectivity index (χ2n) is 3.10. The minimum Gasteiger partial charge on any atom is -0.493 e. The molecule has 2 heterocycles. The number of rotatable bonds is 1. The Hall–Kier alpha value is -1.75. The zero-order valence-electron chi connectivity index (χ0n) is 7.97. The second-order valence-corrected chi connectivity index (χ2v) is 3.49. The van der Waals surface area contributed by atoms with E-state index in [-0.39, 0.29) is 21.9 Å². The zero-order valence-corrected chi connectivity index (χ0v) is 8.78. The van der Waals surface area contributed by atoms with Gasteiger partial charge in [0.2, 0.25) is 5.88 Å². The number of fused-ring (bicyclic) bond motifs is 1. The molecule has 0 amide bonds. The van der Waals surface area contributed by atoms with Crippen molar-refractivity contribution in [1.82, 2.24) is 9.38 Å². The molecule has 0 aliphatic carbocycles. The van der Waals surface area contributed by atoms with Crippen LogP contribution in [0.3, 0.4) is 0 Å². The molecule has 0 saturated carbocycles. The lowest BCUT2D eigenvalue weighted by molar-refractivity contribution is 0.101. The first-order valence-corrected chi connectivity index (χ1v) is 4.73. The molecular weight excluding hydrogens is 212 g/mol. The largest absolute Gasteiger partial charge is 0.493 e. The van der Waals surface area contributed by atoms with E-state index in [9.17, 15) is 9.90 Å². The summed E-state index contributed by atoms with van der Waals surface area (Å²) in [6.45, 7) is 1.35. The fourth-order valence-corrected chi connectivity index (χ4v) is 1.77. The van der Waals surface area contributed by atoms with E-state index in [1.165, 1.54) is 6.92 Å². The van der Waals surface area contributed by atoms with Gasteiger partial charge in [-0.3, -0.25) is 9.20 Å². The molecule has 0 aliphatic heterocycles. The van der Waals surface area contributed by atoms with Crippen molar-refractivity contribution in [3.05, 3.63) is 34.6 Å². The van der Waals surface area contributed by atoms with Crippen LogP contribution in [-0.4, -0.2) is 20.3 Å². The third-order valence-corrected chi connectivity index (χ3v) is 2.47. The van der Waals surface area contributed by atoms with Gasteiger partial charge >= 0.3 is 0 Å². The lowest BCUT2D eigenvalue weighted by Gasteiger charge is -2.05. The molecular formula is C10H8N2O2S. The van der Waals surface area contributed by atoms with Gasteiger partial charge in [-0.2, -0.15) is 4.98 Å². The van der Waals surface area contributed by atoms with Crippen molar-refractivity contribution < 1.29 is 9.90 Å². The Morgan fingerprint density at radius 1 is 1.53 bits per heavy atom. The summed E-state index contributed by atoms with van der Waals surface area (Å²) < 4.78 is 1.87. The number of hydrogen-bond acceptors (Lipinski definition) is 4. The highest BCUT2D eigenvalue weighted by Gasteiger charge is 2.12. The van der Waals surface area contributed by atoms with Crippen molar-refractivity contribution in [2.45, 2.75) is 6.92 Å². The Morgan fingerprint density at radius 2 is 2.27 bits per heavy atom. The smallest absolute Gasteiger partial charge is 0.226 e. The van der Waals surface area contributed by atoms with E-state index in [0.29, 0.717) is 5.65 Å². The molecule has 2 aromatic heterocycles. The van der Waals surface area contributed by atoms with Gasteiger partial charge in [0, 0.05) is 6.20 Å². The Kier molecular flexibility index (Phi) is 2.24. The first-order valence-electron chi connectivity index (χ1n) is 4.32. The molecule has 0 aromatic carbocycles. The number of Topliss-reactive ketones (excluding diaryl/α,β-unsaturated/α-hetero) is 1. The van der Waals surface area contributed by atoms with Gasteiger partial charge in [-0.1, -0.05) is 18.3 Å². The van der Waals surface area contributed by atoms with Crippen molar-refractivity contribution in [3.8, 4) is 5.88 Å². The molecule has 76 valence electrons. The molecule has 0 atom stereocenters. The quantitative estimate of drug-likeness (QED) is 0.589. The van der Waals surface area contributed by atoms with Gasteiger partial charge in [-0.25, -0.2) is 0 Å². The third-order valence-electron chi connectivity index (χ3n) is 2.07. The summed E-state index contributed by atoms with van der Waals surface area (Å²) in [6.07, 6.45) is 1.70. The topological polar surface area (TPSA) is 54.6 Å². The first kappa shape index (κ1) is 9.79. The highest BCUT2D eigenvalue weighted by molar-refractivity contribution is 7.71. The number of ketones is 1. The molecule has 0 saturated heterocycles. The average Bonchev–Trinajstić information content (AvgIpc) is 2.17. The van der Waals surface area contributed by atoms with Crippen LogP contribution in [-0.2, 0) is 0 Å². The van der Waals surface area contributed by atoms with Crippen molar-refractivity contribution in [2.24, 2.45) is 0 Å². The van der Waals surface area contributed by atoms with Crippen LogP contribution in [0, 0.1) is 4.64 Å². The standard InChI is InChI=1S/C10H8N2O2S/c1-6(13)8-9(14)11-7-4-2-3-5-12(7)10(8)15/h2-5,14H,1H3. The number of nitrogens with zero attached hydrogens (tertiary/aromatic N) is 2. The monoisotopic (exact) mass is 220 g/mol. The predicted octanol–water partition coefficient (Wildman–Crippen LogP) is 1.97. The number of aromatic nitrogens is 2. The number of pyridine rings is 1. The van der Waals surface area contributed by atoms with Gasteiger partial charge in [-0.15, -0.1) is 0 Å². The Labute approximate surface area is 90.8 Å². The van der Waals surface area contributed by atoms with Crippen LogP contribution < -0.4 is 0 Å². The van der Waals surface area contributed by atoms with Crippen LogP contribution in [0.1, 0.15) is 17.3 Å². The summed E-state index contributed by atoms with van der Waals surface area (Å²) in [5, 5.41) is 9.55. The molecule has 1 N–H and O–H groups in total. The zero-order chi connectivity index (χ0) is 11.0. The second kappa shape index (κ2) is 3.43. The van der Waals surface area contributed by atoms with Gasteiger partial charge in [0.05, 0.1) is 0 Å². The van der Waals surface area contributed by atoms with Gasteiger partial charge in [-0.05, 0) is 19.1 Å². The van der Waals surface area contributed by atoms with Crippen LogP contribution in [0.25, 0.3) is 5.65 Å². The average molecular weight is 220 g/mol. The lowest BCUT2D eigenvalue weighted by atomic mass is 10.2.